The Balaban J connectivity index is 2.23. The minimum Gasteiger partial charge on any atom is -0.493 e. The van der Waals surface area contributed by atoms with Crippen LogP contribution in [0.1, 0.15) is 29.3 Å². The normalized spacial score (nSPS) is 10.6. The molecule has 0 radical (unpaired) electrons. The summed E-state index contributed by atoms with van der Waals surface area (Å²) in [5.41, 5.74) is 1.39. The van der Waals surface area contributed by atoms with Crippen LogP contribution in [0, 0.1) is 0 Å². The van der Waals surface area contributed by atoms with Gasteiger partial charge < -0.3 is 14.4 Å². The third-order valence-corrected chi connectivity index (χ3v) is 3.62. The molecule has 2 aromatic rings. The number of methoxy groups -OCH3 is 1. The maximum atomic E-state index is 12.8. The number of carbonyl (C=O) groups excluding carboxylic acids is 1. The van der Waals surface area contributed by atoms with Crippen molar-refractivity contribution in [1.29, 1.82) is 0 Å². The highest BCUT2D eigenvalue weighted by atomic mass is 19.3. The van der Waals surface area contributed by atoms with Crippen LogP contribution in [-0.4, -0.2) is 31.1 Å². The number of carbonyl (C=O) groups is 1. The zero-order valence-electron chi connectivity index (χ0n) is 14.2. The van der Waals surface area contributed by atoms with E-state index >= 15 is 0 Å². The number of benzene rings is 2. The number of hydrogen-bond donors (Lipinski definition) is 0. The summed E-state index contributed by atoms with van der Waals surface area (Å²) in [4.78, 5) is 14.5. The Morgan fingerprint density at radius 1 is 1.12 bits per heavy atom. The molecule has 0 unspecified atom stereocenters. The van der Waals surface area contributed by atoms with Crippen molar-refractivity contribution in [2.45, 2.75) is 26.5 Å². The molecule has 0 fully saturated rings. The maximum absolute atomic E-state index is 12.8. The van der Waals surface area contributed by atoms with Gasteiger partial charge in [-0.2, -0.15) is 8.78 Å². The summed E-state index contributed by atoms with van der Waals surface area (Å²) in [6, 6.07) is 13.9. The summed E-state index contributed by atoms with van der Waals surface area (Å²) in [6.07, 6.45) is 0.808. The summed E-state index contributed by atoms with van der Waals surface area (Å²) in [6.45, 7) is 0.104. The molecule has 134 valence electrons. The van der Waals surface area contributed by atoms with Crippen molar-refractivity contribution < 1.29 is 23.0 Å². The van der Waals surface area contributed by atoms with Gasteiger partial charge in [0.2, 0.25) is 0 Å². The number of alkyl halides is 2. The topological polar surface area (TPSA) is 38.8 Å². The van der Waals surface area contributed by atoms with E-state index in [1.54, 1.807) is 4.90 Å². The predicted molar refractivity (Wildman–Crippen MR) is 91.1 cm³/mol. The average Bonchev–Trinajstić information content (AvgIpc) is 2.61. The van der Waals surface area contributed by atoms with Crippen LogP contribution in [0.2, 0.25) is 0 Å². The second-order valence-electron chi connectivity index (χ2n) is 5.46. The molecular weight excluding hydrogens is 328 g/mol. The van der Waals surface area contributed by atoms with Gasteiger partial charge in [0.25, 0.3) is 5.91 Å². The van der Waals surface area contributed by atoms with E-state index in [0.29, 0.717) is 18.7 Å². The summed E-state index contributed by atoms with van der Waals surface area (Å²) in [5, 5.41) is 0. The van der Waals surface area contributed by atoms with Crippen LogP contribution in [0.5, 0.6) is 11.5 Å². The van der Waals surface area contributed by atoms with Gasteiger partial charge in [-0.05, 0) is 30.2 Å². The fourth-order valence-corrected chi connectivity index (χ4v) is 2.50. The molecule has 0 atom stereocenters. The lowest BCUT2D eigenvalue weighted by Crippen LogP contribution is -2.31. The zero-order chi connectivity index (χ0) is 18.2. The Morgan fingerprint density at radius 2 is 1.84 bits per heavy atom. The molecule has 4 nitrogen and oxygen atoms in total. The molecule has 25 heavy (non-hydrogen) atoms. The van der Waals surface area contributed by atoms with Crippen molar-refractivity contribution >= 4 is 5.91 Å². The third-order valence-electron chi connectivity index (χ3n) is 3.62. The SMILES string of the molecule is CCCN(Cc1ccccc1)C(=O)c1ccc(OC(F)F)c(OC)c1. The first-order chi connectivity index (χ1) is 12.0. The van der Waals surface area contributed by atoms with Crippen LogP contribution >= 0.6 is 0 Å². The van der Waals surface area contributed by atoms with Crippen molar-refractivity contribution in [2.75, 3.05) is 13.7 Å². The Labute approximate surface area is 146 Å². The number of halogens is 2. The molecule has 0 aliphatic heterocycles. The first-order valence-electron chi connectivity index (χ1n) is 8.01. The van der Waals surface area contributed by atoms with E-state index in [4.69, 9.17) is 4.74 Å². The van der Waals surface area contributed by atoms with Gasteiger partial charge in [-0.25, -0.2) is 0 Å². The van der Waals surface area contributed by atoms with Crippen LogP contribution in [0.4, 0.5) is 8.78 Å². The zero-order valence-corrected chi connectivity index (χ0v) is 14.2. The van der Waals surface area contributed by atoms with E-state index < -0.39 is 6.61 Å². The Kier molecular flexibility index (Phi) is 6.74. The molecule has 1 amide bonds. The monoisotopic (exact) mass is 349 g/mol. The second-order valence-corrected chi connectivity index (χ2v) is 5.46. The van der Waals surface area contributed by atoms with Crippen molar-refractivity contribution in [3.05, 3.63) is 59.7 Å². The number of amides is 1. The predicted octanol–water partition coefficient (Wildman–Crippen LogP) is 4.35. The third kappa shape index (κ3) is 5.17. The number of nitrogens with zero attached hydrogens (tertiary/aromatic N) is 1. The highest BCUT2D eigenvalue weighted by molar-refractivity contribution is 5.95. The fraction of sp³-hybridized carbons (Fsp3) is 0.316. The molecule has 0 aromatic heterocycles. The summed E-state index contributed by atoms with van der Waals surface area (Å²) in [7, 11) is 1.34. The second kappa shape index (κ2) is 9.01. The standard InChI is InChI=1S/C19H21F2NO3/c1-3-11-22(13-14-7-5-4-6-8-14)18(23)15-9-10-16(25-19(20)21)17(12-15)24-2/h4-10,12,19H,3,11,13H2,1-2H3. The molecule has 0 heterocycles. The van der Waals surface area contributed by atoms with Crippen LogP contribution < -0.4 is 9.47 Å². The van der Waals surface area contributed by atoms with E-state index in [-0.39, 0.29) is 17.4 Å². The molecule has 0 saturated heterocycles. The highest BCUT2D eigenvalue weighted by Crippen LogP contribution is 2.30. The maximum Gasteiger partial charge on any atom is 0.387 e. The quantitative estimate of drug-likeness (QED) is 0.711. The largest absolute Gasteiger partial charge is 0.493 e. The van der Waals surface area contributed by atoms with E-state index in [2.05, 4.69) is 4.74 Å². The molecule has 0 spiro atoms. The van der Waals surface area contributed by atoms with Crippen molar-refractivity contribution in [3.63, 3.8) is 0 Å². The minimum atomic E-state index is -2.95. The number of ether oxygens (including phenoxy) is 2. The molecule has 2 aromatic carbocycles. The summed E-state index contributed by atoms with van der Waals surface area (Å²) in [5.74, 6) is -0.186. The van der Waals surface area contributed by atoms with Crippen molar-refractivity contribution in [1.82, 2.24) is 4.90 Å². The molecule has 2 rings (SSSR count). The van der Waals surface area contributed by atoms with Gasteiger partial charge in [0, 0.05) is 18.7 Å². The molecule has 0 N–H and O–H groups in total. The van der Waals surface area contributed by atoms with Gasteiger partial charge in [-0.1, -0.05) is 37.3 Å². The Hall–Kier alpha value is -2.63. The van der Waals surface area contributed by atoms with Crippen LogP contribution in [0.25, 0.3) is 0 Å². The summed E-state index contributed by atoms with van der Waals surface area (Å²) >= 11 is 0. The van der Waals surface area contributed by atoms with E-state index in [1.807, 2.05) is 37.3 Å². The number of rotatable bonds is 8. The van der Waals surface area contributed by atoms with Gasteiger partial charge in [-0.15, -0.1) is 0 Å². The van der Waals surface area contributed by atoms with Gasteiger partial charge in [0.15, 0.2) is 11.5 Å². The summed E-state index contributed by atoms with van der Waals surface area (Å²) < 4.78 is 34.3. The minimum absolute atomic E-state index is 0.0980. The molecule has 0 bridgehead atoms. The van der Waals surface area contributed by atoms with Gasteiger partial charge in [-0.3, -0.25) is 4.79 Å². The lowest BCUT2D eigenvalue weighted by atomic mass is 10.1. The lowest BCUT2D eigenvalue weighted by molar-refractivity contribution is -0.0512. The Bertz CT molecular complexity index is 692. The average molecular weight is 349 g/mol. The fourth-order valence-electron chi connectivity index (χ4n) is 2.50. The van der Waals surface area contributed by atoms with E-state index in [9.17, 15) is 13.6 Å². The van der Waals surface area contributed by atoms with Gasteiger partial charge in [0.1, 0.15) is 0 Å². The van der Waals surface area contributed by atoms with Crippen LogP contribution in [0.15, 0.2) is 48.5 Å². The van der Waals surface area contributed by atoms with Crippen LogP contribution in [0.3, 0.4) is 0 Å². The smallest absolute Gasteiger partial charge is 0.387 e. The molecular formula is C19H21F2NO3. The van der Waals surface area contributed by atoms with Crippen molar-refractivity contribution in [3.8, 4) is 11.5 Å². The molecule has 6 heteroatoms. The van der Waals surface area contributed by atoms with E-state index in [0.717, 1.165) is 12.0 Å². The van der Waals surface area contributed by atoms with Crippen molar-refractivity contribution in [2.24, 2.45) is 0 Å². The highest BCUT2D eigenvalue weighted by Gasteiger charge is 2.19. The first kappa shape index (κ1) is 18.7. The first-order valence-corrected chi connectivity index (χ1v) is 8.01. The molecule has 0 aliphatic rings. The van der Waals surface area contributed by atoms with Gasteiger partial charge >= 0.3 is 6.61 Å². The lowest BCUT2D eigenvalue weighted by Gasteiger charge is -2.23. The molecule has 0 aliphatic carbocycles. The Morgan fingerprint density at radius 3 is 2.44 bits per heavy atom. The van der Waals surface area contributed by atoms with Crippen LogP contribution in [-0.2, 0) is 6.54 Å². The van der Waals surface area contributed by atoms with Gasteiger partial charge in [0.05, 0.1) is 7.11 Å². The molecule has 0 saturated carbocycles. The van der Waals surface area contributed by atoms with E-state index in [1.165, 1.54) is 25.3 Å². The number of hydrogen-bond acceptors (Lipinski definition) is 3.